The van der Waals surface area contributed by atoms with Crippen LogP contribution in [0.1, 0.15) is 27.6 Å². The van der Waals surface area contributed by atoms with Crippen molar-refractivity contribution in [3.05, 3.63) is 76.4 Å². The molecule has 0 aliphatic heterocycles. The van der Waals surface area contributed by atoms with Crippen molar-refractivity contribution >= 4 is 17.4 Å². The molecule has 0 saturated heterocycles. The predicted octanol–water partition coefficient (Wildman–Crippen LogP) is 2.60. The molecule has 0 atom stereocenters. The maximum absolute atomic E-state index is 12.3. The second-order valence-corrected chi connectivity index (χ2v) is 5.27. The number of ether oxygens (including phenoxy) is 1. The molecule has 26 heavy (non-hydrogen) atoms. The van der Waals surface area contributed by atoms with Gasteiger partial charge in [0.2, 0.25) is 0 Å². The van der Waals surface area contributed by atoms with E-state index in [1.165, 1.54) is 48.5 Å². The van der Waals surface area contributed by atoms with Crippen molar-refractivity contribution in [1.29, 1.82) is 0 Å². The first-order valence-electron chi connectivity index (χ1n) is 7.42. The van der Waals surface area contributed by atoms with E-state index in [-0.39, 0.29) is 28.5 Å². The Morgan fingerprint density at radius 1 is 1.15 bits per heavy atom. The predicted molar refractivity (Wildman–Crippen MR) is 89.4 cm³/mol. The third-order valence-electron chi connectivity index (χ3n) is 3.52. The van der Waals surface area contributed by atoms with E-state index in [0.29, 0.717) is 5.56 Å². The summed E-state index contributed by atoms with van der Waals surface area (Å²) < 4.78 is 6.43. The molecule has 0 fully saturated rings. The van der Waals surface area contributed by atoms with Gasteiger partial charge in [0, 0.05) is 11.6 Å². The number of nitrogens with zero attached hydrogens (tertiary/aromatic N) is 4. The molecule has 0 amide bonds. The molecule has 0 N–H and O–H groups in total. The summed E-state index contributed by atoms with van der Waals surface area (Å²) in [7, 11) is 0. The summed E-state index contributed by atoms with van der Waals surface area (Å²) in [6.45, 7) is 1.40. The quantitative estimate of drug-likeness (QED) is 0.228. The fraction of sp³-hybridized carbons (Fsp3) is 0.0588. The van der Waals surface area contributed by atoms with Gasteiger partial charge in [-0.05, 0) is 31.2 Å². The molecule has 3 aromatic rings. The molecular formula is C17H12N4O5. The molecule has 0 unspecified atom stereocenters. The van der Waals surface area contributed by atoms with Gasteiger partial charge in [0.15, 0.2) is 5.78 Å². The van der Waals surface area contributed by atoms with Crippen molar-refractivity contribution in [3.63, 3.8) is 0 Å². The number of benzene rings is 2. The van der Waals surface area contributed by atoms with Crippen molar-refractivity contribution in [3.8, 4) is 11.4 Å². The number of nitro groups is 1. The molecule has 130 valence electrons. The number of hydrogen-bond donors (Lipinski definition) is 0. The van der Waals surface area contributed by atoms with Gasteiger partial charge in [-0.1, -0.05) is 12.1 Å². The van der Waals surface area contributed by atoms with Crippen LogP contribution in [0.3, 0.4) is 0 Å². The van der Waals surface area contributed by atoms with Crippen molar-refractivity contribution in [2.75, 3.05) is 0 Å². The van der Waals surface area contributed by atoms with E-state index in [9.17, 15) is 19.7 Å². The minimum atomic E-state index is -0.779. The first-order chi connectivity index (χ1) is 12.5. The van der Waals surface area contributed by atoms with Gasteiger partial charge in [0.25, 0.3) is 5.69 Å². The normalized spacial score (nSPS) is 10.3. The standard InChI is InChI=1S/C17H12N4O5/c1-11(22)12-3-2-4-14(7-12)26-17(23)13-5-6-15(16(8-13)21(24)25)20-10-18-9-19-20/h2-10H,1H3. The number of aromatic nitrogens is 3. The average Bonchev–Trinajstić information content (AvgIpc) is 3.15. The Bertz CT molecular complexity index is 998. The maximum atomic E-state index is 12.3. The van der Waals surface area contributed by atoms with Crippen LogP contribution in [0, 0.1) is 10.1 Å². The van der Waals surface area contributed by atoms with Crippen LogP contribution >= 0.6 is 0 Å². The zero-order chi connectivity index (χ0) is 18.7. The number of nitro benzene ring substituents is 1. The molecule has 9 heteroatoms. The smallest absolute Gasteiger partial charge is 0.343 e. The molecule has 0 bridgehead atoms. The van der Waals surface area contributed by atoms with Gasteiger partial charge in [0.05, 0.1) is 10.5 Å². The van der Waals surface area contributed by atoms with Gasteiger partial charge in [0.1, 0.15) is 24.1 Å². The molecule has 0 aliphatic rings. The van der Waals surface area contributed by atoms with Crippen LogP contribution in [-0.4, -0.2) is 31.4 Å². The van der Waals surface area contributed by atoms with Gasteiger partial charge in [-0.2, -0.15) is 5.10 Å². The summed E-state index contributed by atoms with van der Waals surface area (Å²) in [6.07, 6.45) is 2.56. The largest absolute Gasteiger partial charge is 0.423 e. The Morgan fingerprint density at radius 3 is 2.62 bits per heavy atom. The Balaban J connectivity index is 1.90. The molecule has 2 aromatic carbocycles. The lowest BCUT2D eigenvalue weighted by atomic mass is 10.1. The first-order valence-corrected chi connectivity index (χ1v) is 7.42. The van der Waals surface area contributed by atoms with Crippen LogP contribution in [0.5, 0.6) is 5.75 Å². The molecule has 1 aromatic heterocycles. The molecule has 1 heterocycles. The van der Waals surface area contributed by atoms with Gasteiger partial charge in [-0.3, -0.25) is 14.9 Å². The van der Waals surface area contributed by atoms with Crippen LogP contribution in [0.25, 0.3) is 5.69 Å². The molecule has 3 rings (SSSR count). The summed E-state index contributed by atoms with van der Waals surface area (Å²) in [5.74, 6) is -0.777. The van der Waals surface area contributed by atoms with Crippen LogP contribution < -0.4 is 4.74 Å². The molecule has 0 aliphatic carbocycles. The number of esters is 1. The zero-order valence-corrected chi connectivity index (χ0v) is 13.5. The monoisotopic (exact) mass is 352 g/mol. The summed E-state index contributed by atoms with van der Waals surface area (Å²) >= 11 is 0. The summed E-state index contributed by atoms with van der Waals surface area (Å²) in [6, 6.07) is 10.00. The Kier molecular flexibility index (Phi) is 4.52. The minimum absolute atomic E-state index is 0.00575. The fourth-order valence-corrected chi connectivity index (χ4v) is 2.27. The fourth-order valence-electron chi connectivity index (χ4n) is 2.27. The van der Waals surface area contributed by atoms with E-state index in [4.69, 9.17) is 4.74 Å². The van der Waals surface area contributed by atoms with Crippen LogP contribution in [0.4, 0.5) is 5.69 Å². The molecular weight excluding hydrogens is 340 g/mol. The molecule has 0 spiro atoms. The van der Waals surface area contributed by atoms with E-state index in [1.54, 1.807) is 12.1 Å². The first kappa shape index (κ1) is 17.0. The summed E-state index contributed by atoms with van der Waals surface area (Å²) in [5, 5.41) is 15.2. The number of carbonyl (C=O) groups is 2. The van der Waals surface area contributed by atoms with E-state index >= 15 is 0 Å². The third kappa shape index (κ3) is 3.46. The molecule has 0 radical (unpaired) electrons. The average molecular weight is 352 g/mol. The number of carbonyl (C=O) groups excluding carboxylic acids is 2. The topological polar surface area (TPSA) is 117 Å². The lowest BCUT2D eigenvalue weighted by molar-refractivity contribution is -0.384. The van der Waals surface area contributed by atoms with Crippen molar-refractivity contribution in [1.82, 2.24) is 14.8 Å². The van der Waals surface area contributed by atoms with Crippen LogP contribution in [0.15, 0.2) is 55.1 Å². The SMILES string of the molecule is CC(=O)c1cccc(OC(=O)c2ccc(-n3cncn3)c([N+](=O)[O-])c2)c1. The van der Waals surface area contributed by atoms with Gasteiger partial charge in [-0.25, -0.2) is 14.5 Å². The van der Waals surface area contributed by atoms with Crippen molar-refractivity contribution < 1.29 is 19.2 Å². The highest BCUT2D eigenvalue weighted by molar-refractivity contribution is 5.95. The maximum Gasteiger partial charge on any atom is 0.343 e. The highest BCUT2D eigenvalue weighted by Gasteiger charge is 2.20. The second kappa shape index (κ2) is 6.93. The number of Topliss-reactive ketones (excluding diaryl/α,β-unsaturated/α-hetero) is 1. The highest BCUT2D eigenvalue weighted by atomic mass is 16.6. The minimum Gasteiger partial charge on any atom is -0.423 e. The van der Waals surface area contributed by atoms with E-state index < -0.39 is 10.9 Å². The van der Waals surface area contributed by atoms with Crippen LogP contribution in [0.2, 0.25) is 0 Å². The van der Waals surface area contributed by atoms with Crippen molar-refractivity contribution in [2.24, 2.45) is 0 Å². The van der Waals surface area contributed by atoms with E-state index in [0.717, 1.165) is 6.07 Å². The zero-order valence-electron chi connectivity index (χ0n) is 13.5. The van der Waals surface area contributed by atoms with Gasteiger partial charge in [-0.15, -0.1) is 0 Å². The molecule has 9 nitrogen and oxygen atoms in total. The highest BCUT2D eigenvalue weighted by Crippen LogP contribution is 2.24. The lowest BCUT2D eigenvalue weighted by Crippen LogP contribution is -2.10. The summed E-state index contributed by atoms with van der Waals surface area (Å²) in [5.41, 5.74) is 0.238. The molecule has 0 saturated carbocycles. The third-order valence-corrected chi connectivity index (χ3v) is 3.52. The number of ketones is 1. The van der Waals surface area contributed by atoms with E-state index in [2.05, 4.69) is 10.1 Å². The number of rotatable bonds is 5. The Labute approximate surface area is 147 Å². The Morgan fingerprint density at radius 2 is 1.96 bits per heavy atom. The van der Waals surface area contributed by atoms with Crippen LogP contribution in [-0.2, 0) is 0 Å². The van der Waals surface area contributed by atoms with Gasteiger partial charge < -0.3 is 4.74 Å². The summed E-state index contributed by atoms with van der Waals surface area (Å²) in [4.78, 5) is 38.1. The Hall–Kier alpha value is -3.88. The van der Waals surface area contributed by atoms with Crippen molar-refractivity contribution in [2.45, 2.75) is 6.92 Å². The second-order valence-electron chi connectivity index (χ2n) is 5.27. The lowest BCUT2D eigenvalue weighted by Gasteiger charge is -2.07. The number of hydrogen-bond acceptors (Lipinski definition) is 7. The van der Waals surface area contributed by atoms with E-state index in [1.807, 2.05) is 0 Å². The van der Waals surface area contributed by atoms with Gasteiger partial charge >= 0.3 is 5.97 Å².